The Balaban J connectivity index is 1.89. The smallest absolute Gasteiger partial charge is 0.322 e. The van der Waals surface area contributed by atoms with Crippen molar-refractivity contribution in [1.82, 2.24) is 20.4 Å². The summed E-state index contributed by atoms with van der Waals surface area (Å²) < 4.78 is 15.8. The zero-order valence-corrected chi connectivity index (χ0v) is 18.8. The molecule has 8 nitrogen and oxygen atoms in total. The van der Waals surface area contributed by atoms with Crippen LogP contribution in [0, 0.1) is 17.2 Å². The van der Waals surface area contributed by atoms with Crippen molar-refractivity contribution in [3.63, 3.8) is 0 Å². The minimum atomic E-state index is -1.18. The number of rotatable bonds is 7. The van der Waals surface area contributed by atoms with E-state index in [9.17, 15) is 18.8 Å². The maximum atomic E-state index is 14.0. The van der Waals surface area contributed by atoms with Crippen LogP contribution < -0.4 is 10.6 Å². The Hall–Kier alpha value is -2.97. The van der Waals surface area contributed by atoms with E-state index in [1.165, 1.54) is 31.4 Å². The van der Waals surface area contributed by atoms with E-state index in [4.69, 9.17) is 5.11 Å². The van der Waals surface area contributed by atoms with Gasteiger partial charge < -0.3 is 15.7 Å². The summed E-state index contributed by atoms with van der Waals surface area (Å²) >= 11 is 0. The predicted molar refractivity (Wildman–Crippen MR) is 118 cm³/mol. The van der Waals surface area contributed by atoms with Crippen molar-refractivity contribution in [1.29, 1.82) is 0 Å². The van der Waals surface area contributed by atoms with E-state index in [2.05, 4.69) is 15.7 Å². The minimum absolute atomic E-state index is 0.0515. The van der Waals surface area contributed by atoms with E-state index < -0.39 is 41.6 Å². The van der Waals surface area contributed by atoms with Gasteiger partial charge in [-0.1, -0.05) is 40.0 Å². The normalized spacial score (nSPS) is 16.0. The van der Waals surface area contributed by atoms with Gasteiger partial charge in [-0.25, -0.2) is 4.39 Å². The molecule has 0 bridgehead atoms. The molecule has 1 saturated carbocycles. The van der Waals surface area contributed by atoms with Crippen molar-refractivity contribution < 1.29 is 23.9 Å². The van der Waals surface area contributed by atoms with Crippen molar-refractivity contribution in [2.45, 2.75) is 65.5 Å². The third-order valence-corrected chi connectivity index (χ3v) is 5.90. The molecular formula is C23H31FN4O4. The molecule has 1 aromatic carbocycles. The lowest BCUT2D eigenvalue weighted by Crippen LogP contribution is -2.54. The number of nitrogens with zero attached hydrogens (tertiary/aromatic N) is 2. The van der Waals surface area contributed by atoms with Gasteiger partial charge in [-0.15, -0.1) is 0 Å². The third kappa shape index (κ3) is 5.63. The topological polar surface area (TPSA) is 113 Å². The Morgan fingerprint density at radius 2 is 1.91 bits per heavy atom. The van der Waals surface area contributed by atoms with Crippen molar-refractivity contribution in [3.05, 3.63) is 29.7 Å². The fourth-order valence-corrected chi connectivity index (χ4v) is 4.21. The highest BCUT2D eigenvalue weighted by Crippen LogP contribution is 2.28. The van der Waals surface area contributed by atoms with Crippen LogP contribution in [0.3, 0.4) is 0 Å². The number of carboxylic acids is 1. The molecule has 0 aliphatic heterocycles. The van der Waals surface area contributed by atoms with Gasteiger partial charge in [0.25, 0.3) is 5.91 Å². The average molecular weight is 447 g/mol. The molecule has 3 rings (SSSR count). The molecule has 174 valence electrons. The summed E-state index contributed by atoms with van der Waals surface area (Å²) in [7, 11) is 0. The van der Waals surface area contributed by atoms with Crippen LogP contribution in [0.25, 0.3) is 10.9 Å². The fourth-order valence-electron chi connectivity index (χ4n) is 4.21. The maximum Gasteiger partial charge on any atom is 0.322 e. The van der Waals surface area contributed by atoms with E-state index in [1.807, 2.05) is 0 Å². The zero-order chi connectivity index (χ0) is 23.5. The second-order valence-corrected chi connectivity index (χ2v) is 9.58. The molecule has 32 heavy (non-hydrogen) atoms. The number of hydrogen-bond donors (Lipinski definition) is 3. The van der Waals surface area contributed by atoms with Crippen LogP contribution in [0.4, 0.5) is 4.39 Å². The minimum Gasteiger partial charge on any atom is -0.480 e. The fraction of sp³-hybridized carbons (Fsp3) is 0.565. The number of aliphatic carboxylic acids is 1. The molecule has 1 heterocycles. The number of aromatic nitrogens is 2. The van der Waals surface area contributed by atoms with Crippen molar-refractivity contribution >= 4 is 28.7 Å². The van der Waals surface area contributed by atoms with Gasteiger partial charge >= 0.3 is 5.97 Å². The number of carboxylic acid groups (broad SMARTS) is 1. The van der Waals surface area contributed by atoms with Crippen LogP contribution >= 0.6 is 0 Å². The molecule has 1 aliphatic rings. The second-order valence-electron chi connectivity index (χ2n) is 9.58. The van der Waals surface area contributed by atoms with Gasteiger partial charge in [-0.3, -0.25) is 19.1 Å². The van der Waals surface area contributed by atoms with Crippen LogP contribution in [0.2, 0.25) is 0 Å². The number of nitrogens with one attached hydrogen (secondary N) is 2. The van der Waals surface area contributed by atoms with Gasteiger partial charge in [-0.05, 0) is 42.4 Å². The first-order valence-corrected chi connectivity index (χ1v) is 11.0. The molecule has 2 aromatic rings. The van der Waals surface area contributed by atoms with E-state index in [1.54, 1.807) is 31.5 Å². The van der Waals surface area contributed by atoms with Crippen LogP contribution in [0.1, 0.15) is 63.4 Å². The number of amides is 2. The monoisotopic (exact) mass is 446 g/mol. The summed E-state index contributed by atoms with van der Waals surface area (Å²) in [5.41, 5.74) is 0.0320. The number of hydrogen-bond acceptors (Lipinski definition) is 4. The zero-order valence-electron chi connectivity index (χ0n) is 18.8. The molecule has 1 fully saturated rings. The van der Waals surface area contributed by atoms with Gasteiger partial charge in [0.2, 0.25) is 5.91 Å². The van der Waals surface area contributed by atoms with Gasteiger partial charge in [-0.2, -0.15) is 5.10 Å². The van der Waals surface area contributed by atoms with Gasteiger partial charge in [0, 0.05) is 11.9 Å². The lowest BCUT2D eigenvalue weighted by Gasteiger charge is -2.30. The first kappa shape index (κ1) is 23.7. The first-order valence-electron chi connectivity index (χ1n) is 11.0. The van der Waals surface area contributed by atoms with Gasteiger partial charge in [0.05, 0.1) is 5.52 Å². The first-order chi connectivity index (χ1) is 15.1. The highest BCUT2D eigenvalue weighted by molar-refractivity contribution is 6.06. The third-order valence-electron chi connectivity index (χ3n) is 5.90. The summed E-state index contributed by atoms with van der Waals surface area (Å²) in [4.78, 5) is 36.6. The summed E-state index contributed by atoms with van der Waals surface area (Å²) in [6.45, 7) is 5.38. The molecule has 0 radical (unpaired) electrons. The van der Waals surface area contributed by atoms with E-state index in [0.717, 1.165) is 12.8 Å². The van der Waals surface area contributed by atoms with E-state index >= 15 is 0 Å². The summed E-state index contributed by atoms with van der Waals surface area (Å²) in [6.07, 6.45) is 5.77. The molecular weight excluding hydrogens is 415 g/mol. The lowest BCUT2D eigenvalue weighted by molar-refractivity contribution is -0.138. The molecule has 1 atom stereocenters. The SMILES string of the molecule is CC(C)(C)[C@H](NC(=O)c1nn(CC2CCCCC2)c2ccc(F)cc12)C(=O)NCC(=O)O. The average Bonchev–Trinajstić information content (AvgIpc) is 3.07. The molecule has 1 aromatic heterocycles. The highest BCUT2D eigenvalue weighted by Gasteiger charge is 2.34. The van der Waals surface area contributed by atoms with Gasteiger partial charge in [0.1, 0.15) is 18.4 Å². The highest BCUT2D eigenvalue weighted by atomic mass is 19.1. The largest absolute Gasteiger partial charge is 0.480 e. The Morgan fingerprint density at radius 3 is 2.53 bits per heavy atom. The van der Waals surface area contributed by atoms with Crippen LogP contribution in [0.15, 0.2) is 18.2 Å². The summed E-state index contributed by atoms with van der Waals surface area (Å²) in [5, 5.41) is 18.7. The Kier molecular flexibility index (Phi) is 7.16. The van der Waals surface area contributed by atoms with Crippen LogP contribution in [-0.4, -0.2) is 45.3 Å². The molecule has 3 N–H and O–H groups in total. The molecule has 0 saturated heterocycles. The van der Waals surface area contributed by atoms with Crippen molar-refractivity contribution in [2.24, 2.45) is 11.3 Å². The Morgan fingerprint density at radius 1 is 1.22 bits per heavy atom. The molecule has 2 amide bonds. The van der Waals surface area contributed by atoms with Crippen molar-refractivity contribution in [3.8, 4) is 0 Å². The predicted octanol–water partition coefficient (Wildman–Crippen LogP) is 3.10. The lowest BCUT2D eigenvalue weighted by atomic mass is 9.86. The number of fused-ring (bicyclic) bond motifs is 1. The number of benzene rings is 1. The van der Waals surface area contributed by atoms with E-state index in [0.29, 0.717) is 23.4 Å². The standard InChI is InChI=1S/C23H31FN4O4/c1-23(2,3)20(22(32)25-12-18(29)30)26-21(31)19-16-11-15(24)9-10-17(16)28(27-19)13-14-7-5-4-6-8-14/h9-11,14,20H,4-8,12-13H2,1-3H3,(H,25,32)(H,26,31)(H,29,30)/t20-/m1/s1. The summed E-state index contributed by atoms with van der Waals surface area (Å²) in [6, 6.07) is 3.25. The Bertz CT molecular complexity index is 1010. The number of carbonyl (C=O) groups is 3. The number of carbonyl (C=O) groups excluding carboxylic acids is 2. The van der Waals surface area contributed by atoms with Crippen LogP contribution in [-0.2, 0) is 16.1 Å². The van der Waals surface area contributed by atoms with Crippen LogP contribution in [0.5, 0.6) is 0 Å². The van der Waals surface area contributed by atoms with Crippen molar-refractivity contribution in [2.75, 3.05) is 6.54 Å². The molecule has 1 aliphatic carbocycles. The second kappa shape index (κ2) is 9.67. The molecule has 0 unspecified atom stereocenters. The molecule has 0 spiro atoms. The quantitative estimate of drug-likeness (QED) is 0.605. The van der Waals surface area contributed by atoms with Gasteiger partial charge in [0.15, 0.2) is 5.69 Å². The summed E-state index contributed by atoms with van der Waals surface area (Å²) in [5.74, 6) is -2.41. The maximum absolute atomic E-state index is 14.0. The van der Waals surface area contributed by atoms with E-state index in [-0.39, 0.29) is 5.69 Å². The number of halogens is 1. The Labute approximate surface area is 186 Å². The molecule has 9 heteroatoms.